The van der Waals surface area contributed by atoms with Crippen LogP contribution in [0.4, 0.5) is 0 Å². The van der Waals surface area contributed by atoms with Gasteiger partial charge in [0.15, 0.2) is 0 Å². The highest BCUT2D eigenvalue weighted by molar-refractivity contribution is 14.1. The Balaban J connectivity index is 1.87. The van der Waals surface area contributed by atoms with Crippen LogP contribution in [0.3, 0.4) is 0 Å². The predicted octanol–water partition coefficient (Wildman–Crippen LogP) is 2.45. The molecule has 1 unspecified atom stereocenters. The summed E-state index contributed by atoms with van der Waals surface area (Å²) in [5.74, 6) is 0.481. The molecular weight excluding hydrogens is 329 g/mol. The van der Waals surface area contributed by atoms with E-state index < -0.39 is 0 Å². The van der Waals surface area contributed by atoms with Gasteiger partial charge in [-0.1, -0.05) is 12.1 Å². The Labute approximate surface area is 115 Å². The van der Waals surface area contributed by atoms with Crippen LogP contribution in [-0.4, -0.2) is 25.7 Å². The lowest BCUT2D eigenvalue weighted by molar-refractivity contribution is 0.0536. The first-order valence-corrected chi connectivity index (χ1v) is 6.95. The third kappa shape index (κ3) is 3.67. The summed E-state index contributed by atoms with van der Waals surface area (Å²) < 4.78 is 6.38. The van der Waals surface area contributed by atoms with Crippen LogP contribution in [-0.2, 0) is 4.74 Å². The molecule has 1 saturated heterocycles. The molecule has 1 aromatic rings. The summed E-state index contributed by atoms with van der Waals surface area (Å²) in [6.07, 6.45) is 2.25. The van der Waals surface area contributed by atoms with E-state index >= 15 is 0 Å². The molecule has 3 nitrogen and oxygen atoms in total. The molecule has 0 bridgehead atoms. The molecule has 17 heavy (non-hydrogen) atoms. The van der Waals surface area contributed by atoms with Crippen LogP contribution < -0.4 is 5.32 Å². The van der Waals surface area contributed by atoms with Crippen molar-refractivity contribution in [3.63, 3.8) is 0 Å². The topological polar surface area (TPSA) is 38.3 Å². The fourth-order valence-electron chi connectivity index (χ4n) is 1.95. The van der Waals surface area contributed by atoms with Gasteiger partial charge < -0.3 is 10.1 Å². The first kappa shape index (κ1) is 12.8. The van der Waals surface area contributed by atoms with Crippen molar-refractivity contribution in [1.29, 1.82) is 0 Å². The average Bonchev–Trinajstić information content (AvgIpc) is 2.38. The maximum absolute atomic E-state index is 12.0. The third-order valence-electron chi connectivity index (χ3n) is 2.92. The molecule has 0 spiro atoms. The Morgan fingerprint density at radius 3 is 3.00 bits per heavy atom. The van der Waals surface area contributed by atoms with Gasteiger partial charge in [0.25, 0.3) is 5.91 Å². The summed E-state index contributed by atoms with van der Waals surface area (Å²) in [5, 5.41) is 2.99. The van der Waals surface area contributed by atoms with E-state index in [-0.39, 0.29) is 5.91 Å². The van der Waals surface area contributed by atoms with E-state index in [1.165, 1.54) is 0 Å². The minimum absolute atomic E-state index is 0.0144. The molecular formula is C13H16INO2. The number of hydrogen-bond acceptors (Lipinski definition) is 2. The number of carbonyl (C=O) groups excluding carboxylic acids is 1. The van der Waals surface area contributed by atoms with Crippen molar-refractivity contribution >= 4 is 28.5 Å². The number of benzene rings is 1. The van der Waals surface area contributed by atoms with Gasteiger partial charge in [-0.05, 0) is 53.5 Å². The Kier molecular flexibility index (Phi) is 4.79. The lowest BCUT2D eigenvalue weighted by Crippen LogP contribution is -2.33. The molecule has 1 N–H and O–H groups in total. The molecule has 1 atom stereocenters. The lowest BCUT2D eigenvalue weighted by atomic mass is 10.0. The molecule has 1 aliphatic heterocycles. The first-order chi connectivity index (χ1) is 8.27. The molecule has 1 heterocycles. The van der Waals surface area contributed by atoms with Crippen molar-refractivity contribution in [2.24, 2.45) is 5.92 Å². The minimum Gasteiger partial charge on any atom is -0.381 e. The molecule has 4 heteroatoms. The molecule has 2 rings (SSSR count). The zero-order chi connectivity index (χ0) is 12.1. The van der Waals surface area contributed by atoms with Gasteiger partial charge in [-0.15, -0.1) is 0 Å². The van der Waals surface area contributed by atoms with E-state index in [0.29, 0.717) is 12.5 Å². The van der Waals surface area contributed by atoms with E-state index in [9.17, 15) is 4.79 Å². The summed E-state index contributed by atoms with van der Waals surface area (Å²) in [6.45, 7) is 2.34. The Bertz CT molecular complexity index is 389. The minimum atomic E-state index is 0.0144. The fraction of sp³-hybridized carbons (Fsp3) is 0.462. The highest BCUT2D eigenvalue weighted by Gasteiger charge is 2.16. The average molecular weight is 345 g/mol. The van der Waals surface area contributed by atoms with Crippen molar-refractivity contribution in [3.05, 3.63) is 33.4 Å². The van der Waals surface area contributed by atoms with E-state index in [1.54, 1.807) is 0 Å². The van der Waals surface area contributed by atoms with Crippen LogP contribution in [0, 0.1) is 9.49 Å². The Morgan fingerprint density at radius 1 is 1.47 bits per heavy atom. The first-order valence-electron chi connectivity index (χ1n) is 5.88. The molecule has 1 aromatic carbocycles. The number of hydrogen-bond donors (Lipinski definition) is 1. The van der Waals surface area contributed by atoms with E-state index in [1.807, 2.05) is 24.3 Å². The zero-order valence-electron chi connectivity index (χ0n) is 9.62. The third-order valence-corrected chi connectivity index (χ3v) is 3.87. The standard InChI is InChI=1S/C13H16INO2/c14-12-6-2-1-5-11(12)13(16)15-8-10-4-3-7-17-9-10/h1-2,5-6,10H,3-4,7-9H2,(H,15,16). The second kappa shape index (κ2) is 6.35. The maximum Gasteiger partial charge on any atom is 0.252 e. The van der Waals surface area contributed by atoms with Crippen LogP contribution >= 0.6 is 22.6 Å². The number of nitrogens with one attached hydrogen (secondary N) is 1. The number of rotatable bonds is 3. The molecule has 0 radical (unpaired) electrons. The SMILES string of the molecule is O=C(NCC1CCCOC1)c1ccccc1I. The van der Waals surface area contributed by atoms with Crippen molar-refractivity contribution in [1.82, 2.24) is 5.32 Å². The van der Waals surface area contributed by atoms with Gasteiger partial charge in [-0.3, -0.25) is 4.79 Å². The van der Waals surface area contributed by atoms with E-state index in [0.717, 1.165) is 35.2 Å². The van der Waals surface area contributed by atoms with Crippen LogP contribution in [0.2, 0.25) is 0 Å². The van der Waals surface area contributed by atoms with Crippen LogP contribution in [0.5, 0.6) is 0 Å². The maximum atomic E-state index is 12.0. The molecule has 0 saturated carbocycles. The van der Waals surface area contributed by atoms with Gasteiger partial charge in [-0.2, -0.15) is 0 Å². The smallest absolute Gasteiger partial charge is 0.252 e. The van der Waals surface area contributed by atoms with Crippen molar-refractivity contribution < 1.29 is 9.53 Å². The molecule has 0 aliphatic carbocycles. The predicted molar refractivity (Wildman–Crippen MR) is 75.0 cm³/mol. The number of amides is 1. The van der Waals surface area contributed by atoms with Gasteiger partial charge in [0, 0.05) is 16.7 Å². The summed E-state index contributed by atoms with van der Waals surface area (Å²) in [6, 6.07) is 7.63. The van der Waals surface area contributed by atoms with Crippen LogP contribution in [0.25, 0.3) is 0 Å². The van der Waals surface area contributed by atoms with Crippen molar-refractivity contribution in [3.8, 4) is 0 Å². The van der Waals surface area contributed by atoms with Gasteiger partial charge in [0.2, 0.25) is 0 Å². The van der Waals surface area contributed by atoms with Crippen molar-refractivity contribution in [2.75, 3.05) is 19.8 Å². The Hall–Kier alpha value is -0.620. The number of carbonyl (C=O) groups is 1. The van der Waals surface area contributed by atoms with E-state index in [2.05, 4.69) is 27.9 Å². The summed E-state index contributed by atoms with van der Waals surface area (Å²) in [4.78, 5) is 12.0. The normalized spacial score (nSPS) is 19.9. The monoisotopic (exact) mass is 345 g/mol. The molecule has 1 aliphatic rings. The second-order valence-electron chi connectivity index (χ2n) is 4.27. The quantitative estimate of drug-likeness (QED) is 0.855. The second-order valence-corrected chi connectivity index (χ2v) is 5.44. The zero-order valence-corrected chi connectivity index (χ0v) is 11.8. The molecule has 1 fully saturated rings. The van der Waals surface area contributed by atoms with Gasteiger partial charge in [0.05, 0.1) is 12.2 Å². The Morgan fingerprint density at radius 2 is 2.29 bits per heavy atom. The molecule has 92 valence electrons. The fourth-order valence-corrected chi connectivity index (χ4v) is 2.58. The molecule has 0 aromatic heterocycles. The highest BCUT2D eigenvalue weighted by Crippen LogP contribution is 2.14. The van der Waals surface area contributed by atoms with Gasteiger partial charge in [0.1, 0.15) is 0 Å². The number of ether oxygens (including phenoxy) is 1. The lowest BCUT2D eigenvalue weighted by Gasteiger charge is -2.22. The van der Waals surface area contributed by atoms with Crippen molar-refractivity contribution in [2.45, 2.75) is 12.8 Å². The van der Waals surface area contributed by atoms with Crippen LogP contribution in [0.15, 0.2) is 24.3 Å². The van der Waals surface area contributed by atoms with Gasteiger partial charge in [-0.25, -0.2) is 0 Å². The largest absolute Gasteiger partial charge is 0.381 e. The van der Waals surface area contributed by atoms with Crippen LogP contribution in [0.1, 0.15) is 23.2 Å². The highest BCUT2D eigenvalue weighted by atomic mass is 127. The summed E-state index contributed by atoms with van der Waals surface area (Å²) >= 11 is 2.18. The summed E-state index contributed by atoms with van der Waals surface area (Å²) in [7, 11) is 0. The van der Waals surface area contributed by atoms with Gasteiger partial charge >= 0.3 is 0 Å². The number of halogens is 1. The van der Waals surface area contributed by atoms with E-state index in [4.69, 9.17) is 4.74 Å². The molecule has 1 amide bonds. The summed E-state index contributed by atoms with van der Waals surface area (Å²) in [5.41, 5.74) is 0.754.